The number of hydrogen-bond donors (Lipinski definition) is 0. The molecule has 4 rings (SSSR count). The Morgan fingerprint density at radius 3 is 2.68 bits per heavy atom. The number of carbonyl (C=O) groups excluding carboxylic acids is 1. The Morgan fingerprint density at radius 1 is 1.24 bits per heavy atom. The van der Waals surface area contributed by atoms with Gasteiger partial charge in [-0.1, -0.05) is 32.6 Å². The van der Waals surface area contributed by atoms with E-state index in [2.05, 4.69) is 38.2 Å². The van der Waals surface area contributed by atoms with Crippen LogP contribution in [0.1, 0.15) is 74.8 Å². The molecule has 0 radical (unpaired) electrons. The van der Waals surface area contributed by atoms with Crippen LogP contribution in [0.3, 0.4) is 0 Å². The van der Waals surface area contributed by atoms with Gasteiger partial charge in [0.25, 0.3) is 11.8 Å². The molecule has 0 atom stereocenters. The van der Waals surface area contributed by atoms with E-state index in [1.165, 1.54) is 0 Å². The van der Waals surface area contributed by atoms with E-state index in [4.69, 9.17) is 5.26 Å². The predicted molar refractivity (Wildman–Crippen MR) is 148 cm³/mol. The number of hydrogen-bond acceptors (Lipinski definition) is 5. The SMILES string of the molecule is CC.Cn1c(CCCCCCC#CC2CC(F)(F)C2)c(C(=O)N2CCN(SC#N)C2)c2cc(Br)cnc21. The molecule has 0 bridgehead atoms. The number of aryl methyl sites for hydroxylation is 1. The Balaban J connectivity index is 0.00000186. The Kier molecular flexibility index (Phi) is 10.8. The molecule has 1 saturated heterocycles. The molecule has 2 aliphatic rings. The molecule has 0 spiro atoms. The van der Waals surface area contributed by atoms with E-state index in [9.17, 15) is 13.6 Å². The third-order valence-electron chi connectivity index (χ3n) is 6.59. The number of aromatic nitrogens is 2. The van der Waals surface area contributed by atoms with Crippen molar-refractivity contribution in [3.8, 4) is 17.2 Å². The Morgan fingerprint density at radius 2 is 1.97 bits per heavy atom. The van der Waals surface area contributed by atoms with Gasteiger partial charge in [-0.3, -0.25) is 4.79 Å². The highest BCUT2D eigenvalue weighted by atomic mass is 79.9. The van der Waals surface area contributed by atoms with E-state index in [0.29, 0.717) is 25.3 Å². The second kappa shape index (κ2) is 13.6. The minimum Gasteiger partial charge on any atom is -0.332 e. The highest BCUT2D eigenvalue weighted by Gasteiger charge is 2.44. The van der Waals surface area contributed by atoms with Crippen LogP contribution in [-0.4, -0.2) is 50.3 Å². The van der Waals surface area contributed by atoms with Gasteiger partial charge in [0, 0.05) is 79.0 Å². The van der Waals surface area contributed by atoms with Crippen molar-refractivity contribution in [2.45, 2.75) is 71.1 Å². The minimum absolute atomic E-state index is 0.0246. The lowest BCUT2D eigenvalue weighted by Crippen LogP contribution is -2.34. The highest BCUT2D eigenvalue weighted by molar-refractivity contribution is 9.10. The van der Waals surface area contributed by atoms with Gasteiger partial charge in [0.15, 0.2) is 0 Å². The number of amides is 1. The van der Waals surface area contributed by atoms with Crippen LogP contribution in [0.5, 0.6) is 0 Å². The van der Waals surface area contributed by atoms with Crippen molar-refractivity contribution in [3.63, 3.8) is 0 Å². The van der Waals surface area contributed by atoms with Crippen molar-refractivity contribution in [2.75, 3.05) is 19.8 Å². The number of pyridine rings is 1. The fraction of sp³-hybridized carbons (Fsp3) is 0.593. The summed E-state index contributed by atoms with van der Waals surface area (Å²) in [6, 6.07) is 1.95. The van der Waals surface area contributed by atoms with E-state index in [0.717, 1.165) is 71.7 Å². The molecule has 1 amide bonds. The highest BCUT2D eigenvalue weighted by Crippen LogP contribution is 2.41. The van der Waals surface area contributed by atoms with E-state index >= 15 is 0 Å². The van der Waals surface area contributed by atoms with Gasteiger partial charge in [-0.2, -0.15) is 5.26 Å². The zero-order valence-electron chi connectivity index (χ0n) is 21.7. The molecule has 0 aromatic carbocycles. The molecule has 2 aromatic heterocycles. The summed E-state index contributed by atoms with van der Waals surface area (Å²) in [5.41, 5.74) is 2.46. The number of rotatable bonds is 8. The number of thiocyanates is 1. The van der Waals surface area contributed by atoms with Crippen LogP contribution in [0.15, 0.2) is 16.7 Å². The predicted octanol–water partition coefficient (Wildman–Crippen LogP) is 6.75. The molecule has 200 valence electrons. The normalized spacial score (nSPS) is 16.9. The Labute approximate surface area is 231 Å². The maximum Gasteiger partial charge on any atom is 0.257 e. The molecule has 37 heavy (non-hydrogen) atoms. The summed E-state index contributed by atoms with van der Waals surface area (Å²) >= 11 is 4.57. The third kappa shape index (κ3) is 7.46. The number of nitrogens with zero attached hydrogens (tertiary/aromatic N) is 5. The first-order valence-corrected chi connectivity index (χ1v) is 14.4. The zero-order valence-corrected chi connectivity index (χ0v) is 24.1. The van der Waals surface area contributed by atoms with Gasteiger partial charge in [0.1, 0.15) is 11.0 Å². The molecule has 1 saturated carbocycles. The van der Waals surface area contributed by atoms with Gasteiger partial charge in [-0.05, 0) is 41.3 Å². The standard InChI is InChI=1S/C25H28BrF2N5OS.C2H6/c1-31-21(9-7-5-3-2-4-6-8-18-13-25(27,28)14-18)22(20-12-19(26)15-30-23(20)31)24(34)32-10-11-33(17-32)35-16-29;1-2/h12,15,18H,2-5,7,9-11,13-14,17H2,1H3;1-2H3. The first-order chi connectivity index (χ1) is 17.8. The Bertz CT molecular complexity index is 1190. The monoisotopic (exact) mass is 593 g/mol. The maximum absolute atomic E-state index is 13.6. The molecule has 0 N–H and O–H groups in total. The van der Waals surface area contributed by atoms with E-state index in [1.807, 2.05) is 35.8 Å². The van der Waals surface area contributed by atoms with Crippen molar-refractivity contribution in [1.29, 1.82) is 5.26 Å². The van der Waals surface area contributed by atoms with Crippen molar-refractivity contribution in [3.05, 3.63) is 28.0 Å². The topological polar surface area (TPSA) is 65.2 Å². The summed E-state index contributed by atoms with van der Waals surface area (Å²) in [6.07, 6.45) is 6.96. The smallest absolute Gasteiger partial charge is 0.257 e. The van der Waals surface area contributed by atoms with E-state index in [-0.39, 0.29) is 24.7 Å². The molecular weight excluding hydrogens is 560 g/mol. The average molecular weight is 595 g/mol. The lowest BCUT2D eigenvalue weighted by Gasteiger charge is -2.31. The van der Waals surface area contributed by atoms with E-state index < -0.39 is 5.92 Å². The number of carbonyl (C=O) groups is 1. The van der Waals surface area contributed by atoms with Crippen LogP contribution in [0.2, 0.25) is 0 Å². The van der Waals surface area contributed by atoms with Crippen molar-refractivity contribution < 1.29 is 13.6 Å². The lowest BCUT2D eigenvalue weighted by molar-refractivity contribution is -0.0936. The fourth-order valence-corrected chi connectivity index (χ4v) is 5.54. The van der Waals surface area contributed by atoms with Gasteiger partial charge in [-0.25, -0.2) is 18.1 Å². The zero-order chi connectivity index (χ0) is 27.0. The summed E-state index contributed by atoms with van der Waals surface area (Å²) in [4.78, 5) is 19.9. The molecule has 6 nitrogen and oxygen atoms in total. The molecule has 1 aliphatic carbocycles. The number of nitriles is 1. The molecule has 2 fully saturated rings. The second-order valence-corrected chi connectivity index (χ2v) is 11.0. The molecule has 1 aliphatic heterocycles. The second-order valence-electron chi connectivity index (χ2n) is 9.20. The quantitative estimate of drug-likeness (QED) is 0.147. The fourth-order valence-electron chi connectivity index (χ4n) is 4.72. The number of alkyl halides is 2. The molecule has 10 heteroatoms. The lowest BCUT2D eigenvalue weighted by atomic mass is 9.82. The van der Waals surface area contributed by atoms with Gasteiger partial charge in [0.2, 0.25) is 0 Å². The van der Waals surface area contributed by atoms with Crippen molar-refractivity contribution in [1.82, 2.24) is 18.8 Å². The molecule has 3 heterocycles. The summed E-state index contributed by atoms with van der Waals surface area (Å²) < 4.78 is 30.4. The van der Waals surface area contributed by atoms with Crippen LogP contribution in [0, 0.1) is 28.4 Å². The molecule has 2 aromatic rings. The van der Waals surface area contributed by atoms with Crippen molar-refractivity contribution in [2.24, 2.45) is 13.0 Å². The van der Waals surface area contributed by atoms with Crippen LogP contribution in [-0.2, 0) is 13.5 Å². The van der Waals surface area contributed by atoms with Crippen LogP contribution >= 0.6 is 27.9 Å². The molecular formula is C27H34BrF2N5OS. The van der Waals surface area contributed by atoms with Gasteiger partial charge in [-0.15, -0.1) is 5.92 Å². The largest absolute Gasteiger partial charge is 0.332 e. The van der Waals surface area contributed by atoms with Crippen LogP contribution in [0.25, 0.3) is 11.0 Å². The third-order valence-corrected chi connectivity index (χ3v) is 7.67. The average Bonchev–Trinajstić information content (AvgIpc) is 3.43. The van der Waals surface area contributed by atoms with Crippen molar-refractivity contribution >= 4 is 44.8 Å². The first kappa shape index (κ1) is 29.4. The summed E-state index contributed by atoms with van der Waals surface area (Å²) in [6.45, 7) is 5.68. The number of fused-ring (bicyclic) bond motifs is 1. The Hall–Kier alpha value is -2.14. The van der Waals surface area contributed by atoms with Gasteiger partial charge < -0.3 is 9.47 Å². The summed E-state index contributed by atoms with van der Waals surface area (Å²) in [5.74, 6) is 3.36. The minimum atomic E-state index is -2.50. The first-order valence-electron chi connectivity index (χ1n) is 12.9. The summed E-state index contributed by atoms with van der Waals surface area (Å²) in [5, 5.41) is 11.9. The molecule has 0 unspecified atom stereocenters. The van der Waals surface area contributed by atoms with Gasteiger partial charge >= 0.3 is 0 Å². The number of halogens is 3. The van der Waals surface area contributed by atoms with Crippen LogP contribution in [0.4, 0.5) is 8.78 Å². The summed E-state index contributed by atoms with van der Waals surface area (Å²) in [7, 11) is 1.96. The van der Waals surface area contributed by atoms with E-state index in [1.54, 1.807) is 11.1 Å². The van der Waals surface area contributed by atoms with Gasteiger partial charge in [0.05, 0.1) is 12.2 Å². The maximum atomic E-state index is 13.6. The van der Waals surface area contributed by atoms with Crippen LogP contribution < -0.4 is 0 Å². The number of unbranched alkanes of at least 4 members (excludes halogenated alkanes) is 4.